The number of hydrogen-bond acceptors (Lipinski definition) is 4. The average molecular weight is 235 g/mol. The Balaban J connectivity index is 2.08. The van der Waals surface area contributed by atoms with Crippen LogP contribution in [-0.4, -0.2) is 22.1 Å². The lowest BCUT2D eigenvalue weighted by molar-refractivity contribution is 0.0697. The second kappa shape index (κ2) is 4.61. The Labute approximate surface area is 100 Å². The summed E-state index contributed by atoms with van der Waals surface area (Å²) in [5.41, 5.74) is 6.05. The molecule has 4 N–H and O–H groups in total. The Morgan fingerprint density at radius 2 is 2.47 bits per heavy atom. The maximum atomic E-state index is 11.0. The number of nitrogens with two attached hydrogens (primary N) is 1. The summed E-state index contributed by atoms with van der Waals surface area (Å²) in [7, 11) is 0. The summed E-state index contributed by atoms with van der Waals surface area (Å²) < 4.78 is 0. The first kappa shape index (κ1) is 11.7. The molecule has 92 valence electrons. The second-order valence-corrected chi connectivity index (χ2v) is 4.51. The van der Waals surface area contributed by atoms with E-state index in [0.717, 1.165) is 12.8 Å². The fourth-order valence-corrected chi connectivity index (χ4v) is 2.05. The standard InChI is InChI=1S/C12H17N3O2/c1-2-3-7-4-10(7)15-11-9(12(16)17)5-8(13)6-14-11/h5-7,10H,2-4,13H2,1H3,(H,14,15)(H,16,17). The fraction of sp³-hybridized carbons (Fsp3) is 0.500. The number of aromatic carboxylic acids is 1. The van der Waals surface area contributed by atoms with E-state index < -0.39 is 5.97 Å². The van der Waals surface area contributed by atoms with E-state index in [1.807, 2.05) is 0 Å². The molecule has 1 heterocycles. The molecule has 0 amide bonds. The number of aromatic nitrogens is 1. The van der Waals surface area contributed by atoms with Crippen LogP contribution in [0, 0.1) is 5.92 Å². The Bertz CT molecular complexity index is 434. The maximum absolute atomic E-state index is 11.0. The lowest BCUT2D eigenvalue weighted by atomic mass is 10.2. The lowest BCUT2D eigenvalue weighted by Gasteiger charge is -2.08. The number of rotatable bonds is 5. The van der Waals surface area contributed by atoms with Gasteiger partial charge < -0.3 is 16.2 Å². The molecule has 1 aliphatic rings. The molecule has 1 aliphatic carbocycles. The summed E-state index contributed by atoms with van der Waals surface area (Å²) in [6.07, 6.45) is 4.91. The van der Waals surface area contributed by atoms with Crippen molar-refractivity contribution in [3.63, 3.8) is 0 Å². The average Bonchev–Trinajstić information content (AvgIpc) is 2.99. The van der Waals surface area contributed by atoms with E-state index in [4.69, 9.17) is 10.8 Å². The van der Waals surface area contributed by atoms with Gasteiger partial charge in [0.1, 0.15) is 11.4 Å². The van der Waals surface area contributed by atoms with Gasteiger partial charge in [-0.25, -0.2) is 9.78 Å². The molecule has 17 heavy (non-hydrogen) atoms. The van der Waals surface area contributed by atoms with Crippen molar-refractivity contribution in [3.8, 4) is 0 Å². The van der Waals surface area contributed by atoms with Gasteiger partial charge in [-0.2, -0.15) is 0 Å². The van der Waals surface area contributed by atoms with Gasteiger partial charge in [-0.1, -0.05) is 13.3 Å². The van der Waals surface area contributed by atoms with Crippen LogP contribution in [0.1, 0.15) is 36.5 Å². The molecule has 0 spiro atoms. The van der Waals surface area contributed by atoms with E-state index >= 15 is 0 Å². The normalized spacial score (nSPS) is 22.2. The van der Waals surface area contributed by atoms with E-state index in [1.54, 1.807) is 0 Å². The zero-order valence-corrected chi connectivity index (χ0v) is 9.81. The van der Waals surface area contributed by atoms with Gasteiger partial charge in [-0.05, 0) is 24.8 Å². The topological polar surface area (TPSA) is 88.2 Å². The molecule has 1 saturated carbocycles. The zero-order chi connectivity index (χ0) is 12.4. The van der Waals surface area contributed by atoms with Crippen LogP contribution >= 0.6 is 0 Å². The van der Waals surface area contributed by atoms with E-state index in [1.165, 1.54) is 18.7 Å². The van der Waals surface area contributed by atoms with Crippen LogP contribution in [0.3, 0.4) is 0 Å². The summed E-state index contributed by atoms with van der Waals surface area (Å²) in [5.74, 6) is 0.0799. The number of carboxylic acid groups (broad SMARTS) is 1. The monoisotopic (exact) mass is 235 g/mol. The summed E-state index contributed by atoms with van der Waals surface area (Å²) in [4.78, 5) is 15.1. The smallest absolute Gasteiger partial charge is 0.339 e. The fourth-order valence-electron chi connectivity index (χ4n) is 2.05. The van der Waals surface area contributed by atoms with Crippen LogP contribution in [0.4, 0.5) is 11.5 Å². The number of nitrogen functional groups attached to an aromatic ring is 1. The largest absolute Gasteiger partial charge is 0.478 e. The van der Waals surface area contributed by atoms with Gasteiger partial charge in [0.05, 0.1) is 11.9 Å². The van der Waals surface area contributed by atoms with Crippen molar-refractivity contribution in [1.82, 2.24) is 4.98 Å². The highest BCUT2D eigenvalue weighted by atomic mass is 16.4. The highest BCUT2D eigenvalue weighted by molar-refractivity contribution is 5.94. The van der Waals surface area contributed by atoms with Crippen molar-refractivity contribution < 1.29 is 9.90 Å². The first-order valence-electron chi connectivity index (χ1n) is 5.87. The maximum Gasteiger partial charge on any atom is 0.339 e. The third-order valence-corrected chi connectivity index (χ3v) is 3.04. The minimum Gasteiger partial charge on any atom is -0.478 e. The van der Waals surface area contributed by atoms with E-state index in [9.17, 15) is 4.79 Å². The Hall–Kier alpha value is -1.78. The highest BCUT2D eigenvalue weighted by Crippen LogP contribution is 2.37. The molecule has 0 saturated heterocycles. The molecule has 1 aromatic rings. The number of hydrogen-bond donors (Lipinski definition) is 3. The number of carboxylic acids is 1. The SMILES string of the molecule is CCCC1CC1Nc1ncc(N)cc1C(=O)O. The molecule has 2 unspecified atom stereocenters. The summed E-state index contributed by atoms with van der Waals surface area (Å²) in [5, 5.41) is 12.2. The van der Waals surface area contributed by atoms with Gasteiger partial charge in [-0.3, -0.25) is 0 Å². The molecular weight excluding hydrogens is 218 g/mol. The van der Waals surface area contributed by atoms with Crippen LogP contribution in [0.5, 0.6) is 0 Å². The van der Waals surface area contributed by atoms with Gasteiger partial charge in [0.25, 0.3) is 0 Å². The molecule has 0 radical (unpaired) electrons. The summed E-state index contributed by atoms with van der Waals surface area (Å²) >= 11 is 0. The van der Waals surface area contributed by atoms with Gasteiger partial charge >= 0.3 is 5.97 Å². The summed E-state index contributed by atoms with van der Waals surface area (Å²) in [6, 6.07) is 1.80. The van der Waals surface area contributed by atoms with E-state index in [2.05, 4.69) is 17.2 Å². The van der Waals surface area contributed by atoms with Gasteiger partial charge in [0.15, 0.2) is 0 Å². The first-order chi connectivity index (χ1) is 8.11. The Morgan fingerprint density at radius 1 is 1.71 bits per heavy atom. The van der Waals surface area contributed by atoms with Crippen LogP contribution in [0.15, 0.2) is 12.3 Å². The van der Waals surface area contributed by atoms with Crippen molar-refractivity contribution in [2.24, 2.45) is 5.92 Å². The van der Waals surface area contributed by atoms with Gasteiger partial charge in [0, 0.05) is 6.04 Å². The highest BCUT2D eigenvalue weighted by Gasteiger charge is 2.36. The van der Waals surface area contributed by atoms with Gasteiger partial charge in [-0.15, -0.1) is 0 Å². The number of anilines is 2. The van der Waals surface area contributed by atoms with Gasteiger partial charge in [0.2, 0.25) is 0 Å². The molecule has 0 bridgehead atoms. The number of nitrogens with one attached hydrogen (secondary N) is 1. The third kappa shape index (κ3) is 2.67. The van der Waals surface area contributed by atoms with Crippen LogP contribution in [0.2, 0.25) is 0 Å². The lowest BCUT2D eigenvalue weighted by Crippen LogP contribution is -2.12. The Morgan fingerprint density at radius 3 is 3.12 bits per heavy atom. The Kier molecular flexibility index (Phi) is 3.17. The number of nitrogens with zero attached hydrogens (tertiary/aromatic N) is 1. The molecule has 2 rings (SSSR count). The molecule has 2 atom stereocenters. The minimum absolute atomic E-state index is 0.146. The van der Waals surface area contributed by atoms with Crippen molar-refractivity contribution in [1.29, 1.82) is 0 Å². The molecule has 0 aliphatic heterocycles. The summed E-state index contributed by atoms with van der Waals surface area (Å²) in [6.45, 7) is 2.15. The van der Waals surface area contributed by atoms with E-state index in [-0.39, 0.29) is 5.56 Å². The minimum atomic E-state index is -1.00. The predicted octanol–water partition coefficient (Wildman–Crippen LogP) is 1.96. The third-order valence-electron chi connectivity index (χ3n) is 3.04. The van der Waals surface area contributed by atoms with Crippen molar-refractivity contribution in [2.75, 3.05) is 11.1 Å². The molecule has 5 nitrogen and oxygen atoms in total. The van der Waals surface area contributed by atoms with Crippen LogP contribution < -0.4 is 11.1 Å². The number of carbonyl (C=O) groups is 1. The molecular formula is C12H17N3O2. The van der Waals surface area contributed by atoms with Crippen molar-refractivity contribution in [2.45, 2.75) is 32.2 Å². The molecule has 0 aromatic carbocycles. The predicted molar refractivity (Wildman–Crippen MR) is 66.0 cm³/mol. The quantitative estimate of drug-likeness (QED) is 0.726. The van der Waals surface area contributed by atoms with Crippen molar-refractivity contribution >= 4 is 17.5 Å². The zero-order valence-electron chi connectivity index (χ0n) is 9.81. The van der Waals surface area contributed by atoms with Crippen LogP contribution in [-0.2, 0) is 0 Å². The van der Waals surface area contributed by atoms with Crippen LogP contribution in [0.25, 0.3) is 0 Å². The van der Waals surface area contributed by atoms with Crippen molar-refractivity contribution in [3.05, 3.63) is 17.8 Å². The molecule has 5 heteroatoms. The first-order valence-corrected chi connectivity index (χ1v) is 5.87. The molecule has 1 aromatic heterocycles. The second-order valence-electron chi connectivity index (χ2n) is 4.51. The number of pyridine rings is 1. The van der Waals surface area contributed by atoms with E-state index in [0.29, 0.717) is 23.5 Å². The molecule has 1 fully saturated rings.